The largest absolute Gasteiger partial charge is 0.316 e. The van der Waals surface area contributed by atoms with Crippen LogP contribution in [0, 0.1) is 0 Å². The highest BCUT2D eigenvalue weighted by molar-refractivity contribution is 5.28. The van der Waals surface area contributed by atoms with E-state index in [1.807, 2.05) is 0 Å². The van der Waals surface area contributed by atoms with Crippen molar-refractivity contribution in [2.45, 2.75) is 38.6 Å². The van der Waals surface area contributed by atoms with Crippen LogP contribution in [-0.2, 0) is 12.8 Å². The van der Waals surface area contributed by atoms with Crippen molar-refractivity contribution < 1.29 is 0 Å². The van der Waals surface area contributed by atoms with Gasteiger partial charge in [-0.1, -0.05) is 37.6 Å². The second kappa shape index (κ2) is 6.91. The Balaban J connectivity index is 1.91. The van der Waals surface area contributed by atoms with E-state index in [-0.39, 0.29) is 0 Å². The molecule has 0 fully saturated rings. The van der Waals surface area contributed by atoms with E-state index in [0.29, 0.717) is 6.04 Å². The molecule has 1 heterocycles. The minimum absolute atomic E-state index is 0.649. The first-order valence-electron chi connectivity index (χ1n) is 7.30. The fraction of sp³-hybridized carbons (Fsp3) is 0.625. The molecule has 0 bridgehead atoms. The average Bonchev–Trinajstić information content (AvgIpc) is 2.61. The van der Waals surface area contributed by atoms with Crippen LogP contribution in [0.4, 0.5) is 0 Å². The van der Waals surface area contributed by atoms with Crippen LogP contribution in [0.1, 0.15) is 30.9 Å². The van der Waals surface area contributed by atoms with Crippen LogP contribution in [0.5, 0.6) is 0 Å². The van der Waals surface area contributed by atoms with Crippen LogP contribution >= 0.6 is 0 Å². The number of fused-ring (bicyclic) bond motifs is 1. The third-order valence-corrected chi connectivity index (χ3v) is 4.04. The predicted molar refractivity (Wildman–Crippen MR) is 78.0 cm³/mol. The monoisotopic (exact) mass is 246 g/mol. The van der Waals surface area contributed by atoms with Gasteiger partial charge in [0.15, 0.2) is 0 Å². The summed E-state index contributed by atoms with van der Waals surface area (Å²) in [5, 5.41) is 3.45. The molecular formula is C16H26N2. The molecule has 1 aliphatic rings. The van der Waals surface area contributed by atoms with Crippen molar-refractivity contribution in [3.63, 3.8) is 0 Å². The first kappa shape index (κ1) is 13.6. The van der Waals surface area contributed by atoms with Gasteiger partial charge in [-0.3, -0.25) is 0 Å². The molecule has 0 saturated heterocycles. The predicted octanol–water partition coefficient (Wildman–Crippen LogP) is 2.48. The summed E-state index contributed by atoms with van der Waals surface area (Å²) in [6.45, 7) is 5.87. The molecule has 1 unspecified atom stereocenters. The standard InChI is InChI=1S/C16H26N2/c1-3-6-16(17-2)13-18-11-9-14-7-4-5-8-15(14)10-12-18/h4-5,7-8,16-17H,3,6,9-13H2,1-2H3. The number of benzene rings is 1. The number of nitrogens with one attached hydrogen (secondary N) is 1. The van der Waals surface area contributed by atoms with Crippen molar-refractivity contribution in [3.8, 4) is 0 Å². The van der Waals surface area contributed by atoms with E-state index < -0.39 is 0 Å². The Kier molecular flexibility index (Phi) is 5.21. The molecule has 2 nitrogen and oxygen atoms in total. The molecule has 100 valence electrons. The minimum Gasteiger partial charge on any atom is -0.316 e. The second-order valence-corrected chi connectivity index (χ2v) is 5.34. The lowest BCUT2D eigenvalue weighted by Gasteiger charge is -2.25. The van der Waals surface area contributed by atoms with E-state index in [1.165, 1.54) is 45.3 Å². The second-order valence-electron chi connectivity index (χ2n) is 5.34. The van der Waals surface area contributed by atoms with E-state index in [1.54, 1.807) is 11.1 Å². The lowest BCUT2D eigenvalue weighted by Crippen LogP contribution is -2.40. The van der Waals surface area contributed by atoms with Crippen molar-refractivity contribution >= 4 is 0 Å². The van der Waals surface area contributed by atoms with Gasteiger partial charge in [0.25, 0.3) is 0 Å². The summed E-state index contributed by atoms with van der Waals surface area (Å²) in [6, 6.07) is 9.57. The van der Waals surface area contributed by atoms with Crippen LogP contribution in [0.3, 0.4) is 0 Å². The summed E-state index contributed by atoms with van der Waals surface area (Å²) in [7, 11) is 2.09. The molecule has 0 aromatic heterocycles. The summed E-state index contributed by atoms with van der Waals surface area (Å²) in [5.74, 6) is 0. The minimum atomic E-state index is 0.649. The molecule has 1 aromatic carbocycles. The summed E-state index contributed by atoms with van der Waals surface area (Å²) in [6.07, 6.45) is 4.96. The zero-order valence-electron chi connectivity index (χ0n) is 11.8. The molecule has 0 saturated carbocycles. The zero-order chi connectivity index (χ0) is 12.8. The molecule has 0 radical (unpaired) electrons. The molecule has 2 heteroatoms. The summed E-state index contributed by atoms with van der Waals surface area (Å²) >= 11 is 0. The van der Waals surface area contributed by atoms with Crippen molar-refractivity contribution in [2.24, 2.45) is 0 Å². The highest BCUT2D eigenvalue weighted by Crippen LogP contribution is 2.15. The van der Waals surface area contributed by atoms with E-state index >= 15 is 0 Å². The van der Waals surface area contributed by atoms with Gasteiger partial charge >= 0.3 is 0 Å². The van der Waals surface area contributed by atoms with E-state index in [0.717, 1.165) is 0 Å². The van der Waals surface area contributed by atoms with Crippen LogP contribution in [0.2, 0.25) is 0 Å². The smallest absolute Gasteiger partial charge is 0.0191 e. The van der Waals surface area contributed by atoms with Crippen molar-refractivity contribution in [1.29, 1.82) is 0 Å². The number of hydrogen-bond acceptors (Lipinski definition) is 2. The number of hydrogen-bond donors (Lipinski definition) is 1. The van der Waals surface area contributed by atoms with E-state index in [4.69, 9.17) is 0 Å². The quantitative estimate of drug-likeness (QED) is 0.858. The molecule has 18 heavy (non-hydrogen) atoms. The van der Waals surface area contributed by atoms with Crippen molar-refractivity contribution in [2.75, 3.05) is 26.7 Å². The molecular weight excluding hydrogens is 220 g/mol. The molecule has 0 spiro atoms. The van der Waals surface area contributed by atoms with Crippen molar-refractivity contribution in [3.05, 3.63) is 35.4 Å². The Morgan fingerprint density at radius 3 is 2.28 bits per heavy atom. The number of nitrogens with zero attached hydrogens (tertiary/aromatic N) is 1. The van der Waals surface area contributed by atoms with Gasteiger partial charge in [-0.15, -0.1) is 0 Å². The van der Waals surface area contributed by atoms with Gasteiger partial charge in [0, 0.05) is 25.7 Å². The van der Waals surface area contributed by atoms with Gasteiger partial charge in [0.2, 0.25) is 0 Å². The van der Waals surface area contributed by atoms with Gasteiger partial charge in [-0.25, -0.2) is 0 Å². The highest BCUT2D eigenvalue weighted by Gasteiger charge is 2.16. The summed E-state index contributed by atoms with van der Waals surface area (Å²) in [5.41, 5.74) is 3.10. The lowest BCUT2D eigenvalue weighted by atomic mass is 10.0. The van der Waals surface area contributed by atoms with E-state index in [9.17, 15) is 0 Å². The topological polar surface area (TPSA) is 15.3 Å². The number of rotatable bonds is 5. The third-order valence-electron chi connectivity index (χ3n) is 4.04. The van der Waals surface area contributed by atoms with Gasteiger partial charge in [-0.2, -0.15) is 0 Å². The zero-order valence-corrected chi connectivity index (χ0v) is 11.8. The third kappa shape index (κ3) is 3.56. The SMILES string of the molecule is CCCC(CN1CCc2ccccc2CC1)NC. The Morgan fingerprint density at radius 1 is 1.17 bits per heavy atom. The van der Waals surface area contributed by atoms with Crippen LogP contribution in [0.15, 0.2) is 24.3 Å². The molecule has 1 N–H and O–H groups in total. The van der Waals surface area contributed by atoms with Gasteiger partial charge in [-0.05, 0) is 37.4 Å². The summed E-state index contributed by atoms with van der Waals surface area (Å²) in [4.78, 5) is 2.62. The average molecular weight is 246 g/mol. The van der Waals surface area contributed by atoms with Crippen LogP contribution < -0.4 is 5.32 Å². The fourth-order valence-electron chi connectivity index (χ4n) is 2.88. The fourth-order valence-corrected chi connectivity index (χ4v) is 2.88. The van der Waals surface area contributed by atoms with Gasteiger partial charge in [0.05, 0.1) is 0 Å². The first-order valence-corrected chi connectivity index (χ1v) is 7.30. The molecule has 2 rings (SSSR count). The molecule has 1 aliphatic heterocycles. The van der Waals surface area contributed by atoms with Crippen LogP contribution in [-0.4, -0.2) is 37.6 Å². The lowest BCUT2D eigenvalue weighted by molar-refractivity contribution is 0.250. The molecule has 0 amide bonds. The Labute approximate surface area is 111 Å². The van der Waals surface area contributed by atoms with Crippen molar-refractivity contribution in [1.82, 2.24) is 10.2 Å². The maximum Gasteiger partial charge on any atom is 0.0191 e. The Morgan fingerprint density at radius 2 is 1.78 bits per heavy atom. The van der Waals surface area contributed by atoms with Gasteiger partial charge < -0.3 is 10.2 Å². The first-order chi connectivity index (χ1) is 8.83. The normalized spacial score (nSPS) is 18.1. The molecule has 1 atom stereocenters. The highest BCUT2D eigenvalue weighted by atomic mass is 15.1. The molecule has 1 aromatic rings. The maximum absolute atomic E-state index is 3.45. The van der Waals surface area contributed by atoms with E-state index in [2.05, 4.69) is 48.5 Å². The maximum atomic E-state index is 3.45. The molecule has 0 aliphatic carbocycles. The number of likely N-dealkylation sites (N-methyl/N-ethyl adjacent to an activating group) is 1. The summed E-state index contributed by atoms with van der Waals surface area (Å²) < 4.78 is 0. The Bertz CT molecular complexity index is 335. The van der Waals surface area contributed by atoms with Crippen LogP contribution in [0.25, 0.3) is 0 Å². The van der Waals surface area contributed by atoms with Gasteiger partial charge in [0.1, 0.15) is 0 Å². The Hall–Kier alpha value is -0.860.